The zero-order chi connectivity index (χ0) is 26.8. The summed E-state index contributed by atoms with van der Waals surface area (Å²) >= 11 is 0. The molecular weight excluding hydrogens is 476 g/mol. The molecule has 0 aliphatic carbocycles. The van der Waals surface area contributed by atoms with Gasteiger partial charge in [0.25, 0.3) is 0 Å². The molecule has 0 fully saturated rings. The second-order valence-electron chi connectivity index (χ2n) is 8.61. The first kappa shape index (κ1) is 26.8. The van der Waals surface area contributed by atoms with Gasteiger partial charge in [0.05, 0.1) is 0 Å². The minimum atomic E-state index is -0.740. The van der Waals surface area contributed by atoms with Crippen LogP contribution in [-0.4, -0.2) is 23.5 Å². The van der Waals surface area contributed by atoms with Gasteiger partial charge in [-0.2, -0.15) is 0 Å². The third-order valence-corrected chi connectivity index (χ3v) is 4.58. The van der Waals surface area contributed by atoms with E-state index >= 15 is 0 Å². The zero-order valence-corrected chi connectivity index (χ0v) is 20.6. The summed E-state index contributed by atoms with van der Waals surface area (Å²) in [5.74, 6) is 5.51. The highest BCUT2D eigenvalue weighted by molar-refractivity contribution is 5.93. The lowest BCUT2D eigenvalue weighted by Gasteiger charge is -2.19. The number of carbonyl (C=O) groups excluding carboxylic acids is 3. The molecule has 0 aliphatic rings. The summed E-state index contributed by atoms with van der Waals surface area (Å²) < 4.78 is 15.8. The summed E-state index contributed by atoms with van der Waals surface area (Å²) in [4.78, 5) is 34.5. The zero-order valence-electron chi connectivity index (χ0n) is 20.6. The van der Waals surface area contributed by atoms with E-state index in [1.807, 2.05) is 66.1 Å². The van der Waals surface area contributed by atoms with Gasteiger partial charge in [-0.3, -0.25) is 20.4 Å². The minimum Gasteiger partial charge on any atom is -0.451 e. The number of rotatable bonds is 4. The number of nitrogen functional groups attached to an aromatic ring is 1. The molecule has 0 spiro atoms. The fraction of sp³-hybridized carbons (Fsp3) is 0.148. The lowest BCUT2D eigenvalue weighted by molar-refractivity contribution is 0.0481. The van der Waals surface area contributed by atoms with Crippen LogP contribution < -0.4 is 22.1 Å². The van der Waals surface area contributed by atoms with Crippen LogP contribution in [-0.2, 0) is 4.74 Å². The van der Waals surface area contributed by atoms with E-state index in [0.717, 1.165) is 11.1 Å². The van der Waals surface area contributed by atoms with E-state index in [9.17, 15) is 14.4 Å². The highest BCUT2D eigenvalue weighted by atomic mass is 16.6. The molecule has 2 aromatic carbocycles. The summed E-state index contributed by atoms with van der Waals surface area (Å²) in [6.07, 6.45) is -0.740. The largest absolute Gasteiger partial charge is 0.451 e. The van der Waals surface area contributed by atoms with Gasteiger partial charge in [-0.15, -0.1) is 0 Å². The first-order valence-corrected chi connectivity index (χ1v) is 11.3. The molecule has 3 amide bonds. The molecule has 0 bridgehead atoms. The van der Waals surface area contributed by atoms with Gasteiger partial charge in [-0.05, 0) is 45.0 Å². The van der Waals surface area contributed by atoms with Crippen molar-refractivity contribution in [3.8, 4) is 22.6 Å². The van der Waals surface area contributed by atoms with Crippen molar-refractivity contribution < 1.29 is 28.0 Å². The van der Waals surface area contributed by atoms with Crippen LogP contribution in [0.2, 0.25) is 0 Å². The number of hydrogen-bond acceptors (Lipinski definition) is 7. The molecular formula is C27H28N4O6. The number of carbonyl (C=O) groups is 3. The Labute approximate surface area is 213 Å². The van der Waals surface area contributed by atoms with E-state index in [1.165, 1.54) is 6.07 Å². The van der Waals surface area contributed by atoms with Gasteiger partial charge >= 0.3 is 17.9 Å². The average molecular weight is 505 g/mol. The van der Waals surface area contributed by atoms with Crippen LogP contribution in [0.1, 0.15) is 41.9 Å². The molecule has 37 heavy (non-hydrogen) atoms. The standard InChI is InChI=1S/C16H18N2O4.C11H10N2O2/c1-16(2,3)22-15(20)18-17-14(19)13-10-9-12(21-13)11-7-5-4-6-8-11;12-13-11(14)10-7-6-9(15-10)8-4-2-1-3-5-8/h4-10H,1-3H3,(H,17,19)(H,18,20);1-7H,12H2,(H,13,14). The first-order valence-electron chi connectivity index (χ1n) is 11.3. The lowest BCUT2D eigenvalue weighted by atomic mass is 10.2. The van der Waals surface area contributed by atoms with Gasteiger partial charge in [0.1, 0.15) is 17.1 Å². The molecule has 192 valence electrons. The quantitative estimate of drug-likeness (QED) is 0.179. The molecule has 10 heteroatoms. The topological polar surface area (TPSA) is 149 Å². The number of hydrazine groups is 2. The molecule has 10 nitrogen and oxygen atoms in total. The van der Waals surface area contributed by atoms with Crippen molar-refractivity contribution in [1.82, 2.24) is 16.3 Å². The van der Waals surface area contributed by atoms with Gasteiger partial charge in [0.15, 0.2) is 11.5 Å². The smallest absolute Gasteiger partial charge is 0.426 e. The Morgan fingerprint density at radius 2 is 1.14 bits per heavy atom. The Morgan fingerprint density at radius 1 is 0.676 bits per heavy atom. The first-order chi connectivity index (χ1) is 17.7. The highest BCUT2D eigenvalue weighted by Crippen LogP contribution is 2.22. The molecule has 2 aromatic heterocycles. The molecule has 0 radical (unpaired) electrons. The van der Waals surface area contributed by atoms with E-state index in [4.69, 9.17) is 19.4 Å². The van der Waals surface area contributed by atoms with Crippen LogP contribution >= 0.6 is 0 Å². The fourth-order valence-electron chi connectivity index (χ4n) is 2.98. The maximum Gasteiger partial charge on any atom is 0.426 e. The van der Waals surface area contributed by atoms with Gasteiger partial charge in [0, 0.05) is 11.1 Å². The van der Waals surface area contributed by atoms with Crippen molar-refractivity contribution in [1.29, 1.82) is 0 Å². The second-order valence-corrected chi connectivity index (χ2v) is 8.61. The van der Waals surface area contributed by atoms with E-state index in [-0.39, 0.29) is 11.5 Å². The van der Waals surface area contributed by atoms with E-state index in [1.54, 1.807) is 39.0 Å². The molecule has 0 unspecified atom stereocenters. The Kier molecular flexibility index (Phi) is 8.85. The Morgan fingerprint density at radius 3 is 1.57 bits per heavy atom. The molecule has 0 aliphatic heterocycles. The SMILES string of the molecule is CC(C)(C)OC(=O)NNC(=O)c1ccc(-c2ccccc2)o1.NNC(=O)c1ccc(-c2ccccc2)o1. The van der Waals surface area contributed by atoms with Crippen molar-refractivity contribution in [3.05, 3.63) is 96.4 Å². The number of hydrogen-bond donors (Lipinski definition) is 4. The molecule has 4 rings (SSSR count). The highest BCUT2D eigenvalue weighted by Gasteiger charge is 2.18. The number of benzene rings is 2. The second kappa shape index (κ2) is 12.2. The molecule has 4 aromatic rings. The van der Waals surface area contributed by atoms with Crippen molar-refractivity contribution >= 4 is 17.9 Å². The lowest BCUT2D eigenvalue weighted by Crippen LogP contribution is -2.44. The Bertz CT molecular complexity index is 1320. The van der Waals surface area contributed by atoms with Crippen molar-refractivity contribution in [2.24, 2.45) is 5.84 Å². The van der Waals surface area contributed by atoms with Crippen molar-refractivity contribution in [2.75, 3.05) is 0 Å². The summed E-state index contributed by atoms with van der Waals surface area (Å²) in [6, 6.07) is 25.5. The summed E-state index contributed by atoms with van der Waals surface area (Å²) in [6.45, 7) is 5.19. The number of nitrogens with one attached hydrogen (secondary N) is 3. The van der Waals surface area contributed by atoms with Gasteiger partial charge in [-0.25, -0.2) is 16.1 Å². The van der Waals surface area contributed by atoms with Crippen LogP contribution in [0.5, 0.6) is 0 Å². The van der Waals surface area contributed by atoms with E-state index < -0.39 is 23.5 Å². The van der Waals surface area contributed by atoms with Crippen LogP contribution in [0.25, 0.3) is 22.6 Å². The summed E-state index contributed by atoms with van der Waals surface area (Å²) in [5.41, 5.74) is 7.56. The van der Waals surface area contributed by atoms with Crippen LogP contribution in [0.15, 0.2) is 93.8 Å². The predicted molar refractivity (Wildman–Crippen MR) is 137 cm³/mol. The molecule has 5 N–H and O–H groups in total. The normalized spacial score (nSPS) is 10.5. The monoisotopic (exact) mass is 504 g/mol. The van der Waals surface area contributed by atoms with Crippen molar-refractivity contribution in [3.63, 3.8) is 0 Å². The molecule has 0 saturated carbocycles. The molecule has 0 saturated heterocycles. The van der Waals surface area contributed by atoms with E-state index in [2.05, 4.69) is 10.9 Å². The van der Waals surface area contributed by atoms with Crippen LogP contribution in [0.3, 0.4) is 0 Å². The number of ether oxygens (including phenoxy) is 1. The van der Waals surface area contributed by atoms with Gasteiger partial charge < -0.3 is 13.6 Å². The van der Waals surface area contributed by atoms with Gasteiger partial charge in [-0.1, -0.05) is 60.7 Å². The maximum absolute atomic E-state index is 11.9. The number of furan rings is 2. The third kappa shape index (κ3) is 8.11. The molecule has 0 atom stereocenters. The summed E-state index contributed by atoms with van der Waals surface area (Å²) in [7, 11) is 0. The molecule has 2 heterocycles. The van der Waals surface area contributed by atoms with Crippen molar-refractivity contribution in [2.45, 2.75) is 26.4 Å². The fourth-order valence-corrected chi connectivity index (χ4v) is 2.98. The number of nitrogens with two attached hydrogens (primary N) is 1. The Balaban J connectivity index is 0.000000220. The average Bonchev–Trinajstić information content (AvgIpc) is 3.58. The third-order valence-electron chi connectivity index (χ3n) is 4.58. The predicted octanol–water partition coefficient (Wildman–Crippen LogP) is 4.67. The van der Waals surface area contributed by atoms with Crippen LogP contribution in [0.4, 0.5) is 4.79 Å². The van der Waals surface area contributed by atoms with E-state index in [0.29, 0.717) is 11.5 Å². The summed E-state index contributed by atoms with van der Waals surface area (Å²) in [5, 5.41) is 0. The van der Waals surface area contributed by atoms with Gasteiger partial charge in [0.2, 0.25) is 0 Å². The Hall–Kier alpha value is -4.83. The number of amides is 3. The minimum absolute atomic E-state index is 0.0925. The maximum atomic E-state index is 11.9. The van der Waals surface area contributed by atoms with Crippen LogP contribution in [0, 0.1) is 0 Å².